The third-order valence-electron chi connectivity index (χ3n) is 4.17. The van der Waals surface area contributed by atoms with Crippen LogP contribution in [0.1, 0.15) is 17.5 Å². The topological polar surface area (TPSA) is 56.8 Å². The zero-order valence-corrected chi connectivity index (χ0v) is 15.5. The number of nitrogens with one attached hydrogen (secondary N) is 1. The second kappa shape index (κ2) is 8.81. The summed E-state index contributed by atoms with van der Waals surface area (Å²) in [7, 11) is 1.63. The number of amides is 1. The predicted octanol–water partition coefficient (Wildman–Crippen LogP) is 3.41. The lowest BCUT2D eigenvalue weighted by atomic mass is 10.1. The standard InChI is InChI=1S/C20H22ClNO4/c1-24-16-4-2-3-14(11-16)5-6-19(23)22-8-7-15-12-17(21)20-18(13-15)25-9-10-26-20/h2-4,11-13H,5-10H2,1H3,(H,22,23). The molecule has 1 N–H and O–H groups in total. The van der Waals surface area contributed by atoms with Crippen LogP contribution in [0.5, 0.6) is 17.2 Å². The van der Waals surface area contributed by atoms with E-state index in [1.165, 1.54) is 0 Å². The van der Waals surface area contributed by atoms with Gasteiger partial charge in [-0.2, -0.15) is 0 Å². The van der Waals surface area contributed by atoms with Crippen LogP contribution in [-0.2, 0) is 17.6 Å². The molecule has 3 rings (SSSR count). The number of benzene rings is 2. The van der Waals surface area contributed by atoms with Crippen LogP contribution in [0.4, 0.5) is 0 Å². The number of carbonyl (C=O) groups is 1. The van der Waals surface area contributed by atoms with Gasteiger partial charge in [0.2, 0.25) is 5.91 Å². The summed E-state index contributed by atoms with van der Waals surface area (Å²) in [5.41, 5.74) is 2.09. The third-order valence-corrected chi connectivity index (χ3v) is 4.45. The molecular weight excluding hydrogens is 354 g/mol. The lowest BCUT2D eigenvalue weighted by Crippen LogP contribution is -2.26. The minimum atomic E-state index is 0.0245. The molecule has 1 amide bonds. The van der Waals surface area contributed by atoms with Crippen LogP contribution in [0.25, 0.3) is 0 Å². The number of fused-ring (bicyclic) bond motifs is 1. The van der Waals surface area contributed by atoms with Crippen LogP contribution in [0.2, 0.25) is 5.02 Å². The van der Waals surface area contributed by atoms with E-state index in [2.05, 4.69) is 5.32 Å². The Balaban J connectivity index is 1.45. The highest BCUT2D eigenvalue weighted by atomic mass is 35.5. The summed E-state index contributed by atoms with van der Waals surface area (Å²) in [6.07, 6.45) is 1.80. The van der Waals surface area contributed by atoms with Gasteiger partial charge in [0, 0.05) is 13.0 Å². The molecule has 0 aliphatic carbocycles. The quantitative estimate of drug-likeness (QED) is 0.805. The summed E-state index contributed by atoms with van der Waals surface area (Å²) < 4.78 is 16.3. The second-order valence-electron chi connectivity index (χ2n) is 6.05. The van der Waals surface area contributed by atoms with E-state index in [4.69, 9.17) is 25.8 Å². The largest absolute Gasteiger partial charge is 0.497 e. The molecular formula is C20H22ClNO4. The first-order chi connectivity index (χ1) is 12.7. The first kappa shape index (κ1) is 18.4. The number of carbonyl (C=O) groups excluding carboxylic acids is 1. The van der Waals surface area contributed by atoms with Gasteiger partial charge in [0.15, 0.2) is 11.5 Å². The fraction of sp³-hybridized carbons (Fsp3) is 0.350. The molecule has 0 unspecified atom stereocenters. The normalized spacial score (nSPS) is 12.5. The number of rotatable bonds is 7. The van der Waals surface area contributed by atoms with E-state index in [0.29, 0.717) is 55.5 Å². The second-order valence-corrected chi connectivity index (χ2v) is 6.46. The van der Waals surface area contributed by atoms with Crippen molar-refractivity contribution >= 4 is 17.5 Å². The molecule has 1 aliphatic rings. The molecule has 0 spiro atoms. The highest BCUT2D eigenvalue weighted by Gasteiger charge is 2.16. The summed E-state index contributed by atoms with van der Waals surface area (Å²) in [5.74, 6) is 2.10. The van der Waals surface area contributed by atoms with Crippen molar-refractivity contribution in [1.82, 2.24) is 5.32 Å². The highest BCUT2D eigenvalue weighted by Crippen LogP contribution is 2.38. The average Bonchev–Trinajstić information content (AvgIpc) is 2.66. The molecule has 26 heavy (non-hydrogen) atoms. The van der Waals surface area contributed by atoms with E-state index in [0.717, 1.165) is 16.9 Å². The first-order valence-electron chi connectivity index (χ1n) is 8.63. The Kier molecular flexibility index (Phi) is 6.23. The Morgan fingerprint density at radius 2 is 2.00 bits per heavy atom. The fourth-order valence-electron chi connectivity index (χ4n) is 2.83. The molecule has 0 atom stereocenters. The van der Waals surface area contributed by atoms with E-state index < -0.39 is 0 Å². The molecule has 0 saturated heterocycles. The molecule has 2 aromatic rings. The minimum absolute atomic E-state index is 0.0245. The molecule has 138 valence electrons. The molecule has 2 aromatic carbocycles. The zero-order chi connectivity index (χ0) is 18.4. The third kappa shape index (κ3) is 4.82. The first-order valence-corrected chi connectivity index (χ1v) is 9.01. The van der Waals surface area contributed by atoms with Crippen LogP contribution in [0.3, 0.4) is 0 Å². The number of ether oxygens (including phenoxy) is 3. The predicted molar refractivity (Wildman–Crippen MR) is 100 cm³/mol. The van der Waals surface area contributed by atoms with Crippen molar-refractivity contribution in [2.24, 2.45) is 0 Å². The van der Waals surface area contributed by atoms with Gasteiger partial charge < -0.3 is 19.5 Å². The Labute approximate surface area is 158 Å². The van der Waals surface area contributed by atoms with Crippen LogP contribution in [-0.4, -0.2) is 32.8 Å². The van der Waals surface area contributed by atoms with Gasteiger partial charge in [-0.15, -0.1) is 0 Å². The van der Waals surface area contributed by atoms with Crippen LogP contribution < -0.4 is 19.5 Å². The van der Waals surface area contributed by atoms with Crippen LogP contribution in [0, 0.1) is 0 Å². The minimum Gasteiger partial charge on any atom is -0.497 e. The van der Waals surface area contributed by atoms with Gasteiger partial charge in [0.05, 0.1) is 12.1 Å². The summed E-state index contributed by atoms with van der Waals surface area (Å²) >= 11 is 6.23. The monoisotopic (exact) mass is 375 g/mol. The number of halogens is 1. The van der Waals surface area contributed by atoms with Crippen molar-refractivity contribution in [2.45, 2.75) is 19.3 Å². The van der Waals surface area contributed by atoms with Crippen molar-refractivity contribution in [3.8, 4) is 17.2 Å². The van der Waals surface area contributed by atoms with Crippen molar-refractivity contribution in [1.29, 1.82) is 0 Å². The van der Waals surface area contributed by atoms with Crippen LogP contribution >= 0.6 is 11.6 Å². The van der Waals surface area contributed by atoms with Gasteiger partial charge in [-0.1, -0.05) is 23.7 Å². The highest BCUT2D eigenvalue weighted by molar-refractivity contribution is 6.32. The van der Waals surface area contributed by atoms with Gasteiger partial charge in [-0.3, -0.25) is 4.79 Å². The number of hydrogen-bond donors (Lipinski definition) is 1. The SMILES string of the molecule is COc1cccc(CCC(=O)NCCc2cc(Cl)c3c(c2)OCCO3)c1. The molecule has 5 nitrogen and oxygen atoms in total. The Hall–Kier alpha value is -2.40. The average molecular weight is 376 g/mol. The maximum Gasteiger partial charge on any atom is 0.220 e. The van der Waals surface area contributed by atoms with Crippen molar-refractivity contribution < 1.29 is 19.0 Å². The van der Waals surface area contributed by atoms with E-state index >= 15 is 0 Å². The zero-order valence-electron chi connectivity index (χ0n) is 14.7. The van der Waals surface area contributed by atoms with Gasteiger partial charge in [-0.25, -0.2) is 0 Å². The Morgan fingerprint density at radius 3 is 2.85 bits per heavy atom. The van der Waals surface area contributed by atoms with E-state index in [9.17, 15) is 4.79 Å². The van der Waals surface area contributed by atoms with E-state index in [1.54, 1.807) is 7.11 Å². The summed E-state index contributed by atoms with van der Waals surface area (Å²) in [6, 6.07) is 11.5. The maximum atomic E-state index is 12.0. The molecule has 0 saturated carbocycles. The van der Waals surface area contributed by atoms with Gasteiger partial charge in [0.1, 0.15) is 19.0 Å². The Bertz CT molecular complexity index is 778. The molecule has 0 bridgehead atoms. The molecule has 0 radical (unpaired) electrons. The van der Waals surface area contributed by atoms with Gasteiger partial charge >= 0.3 is 0 Å². The van der Waals surface area contributed by atoms with E-state index in [-0.39, 0.29) is 5.91 Å². The fourth-order valence-corrected chi connectivity index (χ4v) is 3.12. The van der Waals surface area contributed by atoms with Crippen LogP contribution in [0.15, 0.2) is 36.4 Å². The van der Waals surface area contributed by atoms with E-state index in [1.807, 2.05) is 36.4 Å². The number of hydrogen-bond acceptors (Lipinski definition) is 4. The summed E-state index contributed by atoms with van der Waals surface area (Å²) in [6.45, 7) is 1.58. The Morgan fingerprint density at radius 1 is 1.15 bits per heavy atom. The molecule has 1 aliphatic heterocycles. The summed E-state index contributed by atoms with van der Waals surface area (Å²) in [5, 5.41) is 3.49. The maximum absolute atomic E-state index is 12.0. The molecule has 0 fully saturated rings. The molecule has 1 heterocycles. The molecule has 6 heteroatoms. The van der Waals surface area contributed by atoms with Crippen molar-refractivity contribution in [3.05, 3.63) is 52.5 Å². The smallest absolute Gasteiger partial charge is 0.220 e. The van der Waals surface area contributed by atoms with Gasteiger partial charge in [-0.05, 0) is 48.2 Å². The van der Waals surface area contributed by atoms with Crippen molar-refractivity contribution in [2.75, 3.05) is 26.9 Å². The number of aryl methyl sites for hydroxylation is 1. The lowest BCUT2D eigenvalue weighted by Gasteiger charge is -2.20. The van der Waals surface area contributed by atoms with Crippen molar-refractivity contribution in [3.63, 3.8) is 0 Å². The summed E-state index contributed by atoms with van der Waals surface area (Å²) in [4.78, 5) is 12.0. The molecule has 0 aromatic heterocycles. The van der Waals surface area contributed by atoms with Gasteiger partial charge in [0.25, 0.3) is 0 Å². The number of methoxy groups -OCH3 is 1. The lowest BCUT2D eigenvalue weighted by molar-refractivity contribution is -0.121.